The number of piperidine rings is 3. The fraction of sp³-hybridized carbons (Fsp3) is 0.381. The third kappa shape index (κ3) is 3.10. The van der Waals surface area contributed by atoms with E-state index in [4.69, 9.17) is 9.72 Å². The minimum Gasteiger partial charge on any atom is -0.372 e. The van der Waals surface area contributed by atoms with Crippen molar-refractivity contribution in [1.29, 1.82) is 0 Å². The summed E-state index contributed by atoms with van der Waals surface area (Å²) in [5.41, 5.74) is 3.52. The number of ether oxygens (including phenoxy) is 1. The zero-order chi connectivity index (χ0) is 16.6. The largest absolute Gasteiger partial charge is 0.372 e. The van der Waals surface area contributed by atoms with Gasteiger partial charge in [-0.2, -0.15) is 0 Å². The molecule has 128 valence electrons. The van der Waals surface area contributed by atoms with Gasteiger partial charge in [-0.15, -0.1) is 11.3 Å². The van der Waals surface area contributed by atoms with Gasteiger partial charge in [-0.3, -0.25) is 0 Å². The van der Waals surface area contributed by atoms with Crippen LogP contribution in [0, 0.1) is 5.92 Å². The number of rotatable bonds is 4. The number of thiazole rings is 1. The second-order valence-electron chi connectivity index (χ2n) is 7.17. The van der Waals surface area contributed by atoms with Crippen LogP contribution >= 0.6 is 11.3 Å². The molecular weight excluding hydrogens is 328 g/mol. The molecule has 2 aromatic carbocycles. The summed E-state index contributed by atoms with van der Waals surface area (Å²) in [6.45, 7) is 4.37. The van der Waals surface area contributed by atoms with Gasteiger partial charge in [0.2, 0.25) is 0 Å². The van der Waals surface area contributed by atoms with Crippen LogP contribution in [0.2, 0.25) is 0 Å². The molecule has 4 heterocycles. The van der Waals surface area contributed by atoms with Gasteiger partial charge in [0, 0.05) is 12.1 Å². The molecule has 2 bridgehead atoms. The monoisotopic (exact) mass is 350 g/mol. The fourth-order valence-electron chi connectivity index (χ4n) is 4.04. The Bertz CT molecular complexity index is 832. The van der Waals surface area contributed by atoms with Crippen molar-refractivity contribution in [3.8, 4) is 10.6 Å². The van der Waals surface area contributed by atoms with Gasteiger partial charge >= 0.3 is 0 Å². The van der Waals surface area contributed by atoms with Crippen LogP contribution in [0.1, 0.15) is 18.4 Å². The zero-order valence-electron chi connectivity index (χ0n) is 14.2. The van der Waals surface area contributed by atoms with Gasteiger partial charge in [0.05, 0.1) is 22.9 Å². The van der Waals surface area contributed by atoms with E-state index < -0.39 is 0 Å². The molecule has 3 aromatic rings. The van der Waals surface area contributed by atoms with E-state index in [1.165, 1.54) is 41.8 Å². The second-order valence-corrected chi connectivity index (χ2v) is 8.20. The van der Waals surface area contributed by atoms with Crippen molar-refractivity contribution in [2.45, 2.75) is 25.6 Å². The number of hydrogen-bond donors (Lipinski definition) is 0. The highest BCUT2D eigenvalue weighted by Gasteiger charge is 2.34. The summed E-state index contributed by atoms with van der Waals surface area (Å²) in [7, 11) is 0. The Morgan fingerprint density at radius 1 is 1.04 bits per heavy atom. The topological polar surface area (TPSA) is 25.4 Å². The maximum Gasteiger partial charge on any atom is 0.124 e. The van der Waals surface area contributed by atoms with Crippen LogP contribution in [-0.2, 0) is 11.3 Å². The van der Waals surface area contributed by atoms with Crippen molar-refractivity contribution >= 4 is 21.6 Å². The standard InChI is InChI=1S/C21H22N2OS/c1-2-4-20-18(3-1)22-21(25-20)17-7-5-15(6-8-17)14-24-19-13-23-11-9-16(19)10-12-23/h1-8,16,19H,9-14H2. The van der Waals surface area contributed by atoms with Crippen LogP contribution in [0.15, 0.2) is 48.5 Å². The highest BCUT2D eigenvalue weighted by molar-refractivity contribution is 7.21. The predicted octanol–water partition coefficient (Wildman–Crippen LogP) is 4.57. The van der Waals surface area contributed by atoms with Crippen LogP contribution in [-0.4, -0.2) is 35.6 Å². The average molecular weight is 350 g/mol. The van der Waals surface area contributed by atoms with Crippen LogP contribution in [0.3, 0.4) is 0 Å². The van der Waals surface area contributed by atoms with E-state index in [1.54, 1.807) is 11.3 Å². The molecule has 1 aromatic heterocycles. The number of nitrogens with zero attached hydrogens (tertiary/aromatic N) is 2. The van der Waals surface area contributed by atoms with E-state index in [-0.39, 0.29) is 0 Å². The quantitative estimate of drug-likeness (QED) is 0.689. The SMILES string of the molecule is c1ccc2sc(-c3ccc(COC4CN5CCC4CC5)cc3)nc2c1. The van der Waals surface area contributed by atoms with Gasteiger partial charge in [0.15, 0.2) is 0 Å². The smallest absolute Gasteiger partial charge is 0.124 e. The second kappa shape index (κ2) is 6.52. The Hall–Kier alpha value is -1.75. The van der Waals surface area contributed by atoms with Crippen molar-refractivity contribution in [3.63, 3.8) is 0 Å². The molecule has 0 amide bonds. The van der Waals surface area contributed by atoms with Crippen molar-refractivity contribution in [1.82, 2.24) is 9.88 Å². The zero-order valence-corrected chi connectivity index (χ0v) is 15.0. The number of fused-ring (bicyclic) bond motifs is 4. The molecule has 1 unspecified atom stereocenters. The molecule has 3 nitrogen and oxygen atoms in total. The Kier molecular flexibility index (Phi) is 4.04. The Morgan fingerprint density at radius 3 is 2.56 bits per heavy atom. The first kappa shape index (κ1) is 15.5. The molecule has 1 atom stereocenters. The number of para-hydroxylation sites is 1. The molecule has 6 rings (SSSR count). The molecule has 0 radical (unpaired) electrons. The first-order valence-corrected chi connectivity index (χ1v) is 9.96. The van der Waals surface area contributed by atoms with Gasteiger partial charge in [-0.25, -0.2) is 4.98 Å². The Morgan fingerprint density at radius 2 is 1.84 bits per heavy atom. The lowest BCUT2D eigenvalue weighted by Gasteiger charge is -2.44. The molecule has 0 aliphatic carbocycles. The first-order chi connectivity index (χ1) is 12.3. The molecule has 3 aliphatic heterocycles. The first-order valence-electron chi connectivity index (χ1n) is 9.14. The highest BCUT2D eigenvalue weighted by Crippen LogP contribution is 2.31. The molecule has 25 heavy (non-hydrogen) atoms. The van der Waals surface area contributed by atoms with Crippen molar-refractivity contribution < 1.29 is 4.74 Å². The summed E-state index contributed by atoms with van der Waals surface area (Å²) in [5.74, 6) is 0.770. The highest BCUT2D eigenvalue weighted by atomic mass is 32.1. The molecule has 3 aliphatic rings. The number of benzene rings is 2. The van der Waals surface area contributed by atoms with E-state index in [2.05, 4.69) is 47.4 Å². The van der Waals surface area contributed by atoms with Crippen LogP contribution < -0.4 is 0 Å². The van der Waals surface area contributed by atoms with Crippen LogP contribution in [0.4, 0.5) is 0 Å². The maximum atomic E-state index is 6.24. The molecule has 0 spiro atoms. The summed E-state index contributed by atoms with van der Waals surface area (Å²) in [5, 5.41) is 1.09. The Balaban J connectivity index is 1.27. The van der Waals surface area contributed by atoms with E-state index in [0.29, 0.717) is 6.10 Å². The fourth-order valence-corrected chi connectivity index (χ4v) is 5.01. The minimum absolute atomic E-state index is 0.423. The lowest BCUT2D eigenvalue weighted by molar-refractivity contribution is -0.0765. The third-order valence-corrected chi connectivity index (χ3v) is 6.64. The van der Waals surface area contributed by atoms with E-state index in [1.807, 2.05) is 6.07 Å². The molecular formula is C21H22N2OS. The van der Waals surface area contributed by atoms with E-state index in [0.717, 1.165) is 29.6 Å². The average Bonchev–Trinajstić information content (AvgIpc) is 3.12. The Labute approximate surface area is 152 Å². The normalized spacial score (nSPS) is 25.5. The van der Waals surface area contributed by atoms with Gasteiger partial charge in [-0.1, -0.05) is 36.4 Å². The lowest BCUT2D eigenvalue weighted by atomic mass is 9.86. The molecule has 0 saturated carbocycles. The van der Waals surface area contributed by atoms with Gasteiger partial charge < -0.3 is 9.64 Å². The van der Waals surface area contributed by atoms with Gasteiger partial charge in [0.25, 0.3) is 0 Å². The lowest BCUT2D eigenvalue weighted by Crippen LogP contribution is -2.51. The summed E-state index contributed by atoms with van der Waals surface area (Å²) in [6.07, 6.45) is 3.04. The summed E-state index contributed by atoms with van der Waals surface area (Å²) >= 11 is 1.75. The molecule has 3 fully saturated rings. The van der Waals surface area contributed by atoms with Gasteiger partial charge in [0.1, 0.15) is 5.01 Å². The van der Waals surface area contributed by atoms with Crippen LogP contribution in [0.25, 0.3) is 20.8 Å². The number of aromatic nitrogens is 1. The maximum absolute atomic E-state index is 6.24. The molecule has 4 heteroatoms. The minimum atomic E-state index is 0.423. The van der Waals surface area contributed by atoms with Gasteiger partial charge in [-0.05, 0) is 49.5 Å². The summed E-state index contributed by atoms with van der Waals surface area (Å²) < 4.78 is 7.48. The molecule has 0 N–H and O–H groups in total. The summed E-state index contributed by atoms with van der Waals surface area (Å²) in [6, 6.07) is 17.0. The predicted molar refractivity (Wildman–Crippen MR) is 103 cm³/mol. The van der Waals surface area contributed by atoms with Crippen molar-refractivity contribution in [2.75, 3.05) is 19.6 Å². The van der Waals surface area contributed by atoms with Crippen LogP contribution in [0.5, 0.6) is 0 Å². The van der Waals surface area contributed by atoms with Crippen molar-refractivity contribution in [2.24, 2.45) is 5.92 Å². The molecule has 3 saturated heterocycles. The number of hydrogen-bond acceptors (Lipinski definition) is 4. The van der Waals surface area contributed by atoms with Crippen molar-refractivity contribution in [3.05, 3.63) is 54.1 Å². The summed E-state index contributed by atoms with van der Waals surface area (Å²) in [4.78, 5) is 7.28. The third-order valence-electron chi connectivity index (χ3n) is 5.56. The van der Waals surface area contributed by atoms with E-state index >= 15 is 0 Å². The van der Waals surface area contributed by atoms with E-state index in [9.17, 15) is 0 Å².